The van der Waals surface area contributed by atoms with E-state index in [0.29, 0.717) is 0 Å². The Morgan fingerprint density at radius 1 is 0.304 bits per heavy atom. The molecular formula is C66H43N3. The molecular weight excluding hydrogens is 835 g/mol. The van der Waals surface area contributed by atoms with Gasteiger partial charge in [-0.25, -0.2) is 4.98 Å². The molecule has 2 aromatic heterocycles. The van der Waals surface area contributed by atoms with Gasteiger partial charge in [0, 0.05) is 22.0 Å². The Hall–Kier alpha value is -9.05. The SMILES string of the molecule is c1ccc(-c2cc(-c3ccccc3)nc(N3c4ccccc4C4(c5ccccc5-c5ccc(-c6ccc(-c7ccc8c(c7)c7ccccc7n8-c7ccccc7)cc6)cc54)c4ccccc43)c2)cc1. The van der Waals surface area contributed by atoms with Gasteiger partial charge < -0.3 is 4.57 Å². The minimum absolute atomic E-state index is 0.584. The number of benzene rings is 10. The van der Waals surface area contributed by atoms with E-state index in [-0.39, 0.29) is 0 Å². The molecule has 0 saturated heterocycles. The van der Waals surface area contributed by atoms with Crippen molar-refractivity contribution in [2.75, 3.05) is 4.90 Å². The standard InChI is InChI=1S/C66H43N3/c1-4-18-44(19-5-1)50-42-60(47-20-6-2-7-21-47)67-65(43-50)69-63-30-16-13-27-57(63)66(58-28-14-17-31-64(58)69)56-26-12-10-24-52(56)53-38-36-49(41-59(53)66)46-34-32-45(33-35-46)48-37-39-62-55(40-48)54-25-11-15-29-61(54)68(62)51-22-8-3-9-23-51/h1-43H. The minimum atomic E-state index is -0.584. The zero-order valence-electron chi connectivity index (χ0n) is 37.7. The summed E-state index contributed by atoms with van der Waals surface area (Å²) in [6.07, 6.45) is 0. The molecule has 14 rings (SSSR count). The highest BCUT2D eigenvalue weighted by molar-refractivity contribution is 6.10. The van der Waals surface area contributed by atoms with Crippen LogP contribution in [0.4, 0.5) is 17.2 Å². The first-order valence-electron chi connectivity index (χ1n) is 23.8. The highest BCUT2D eigenvalue weighted by atomic mass is 15.2. The molecule has 3 nitrogen and oxygen atoms in total. The monoisotopic (exact) mass is 877 g/mol. The van der Waals surface area contributed by atoms with Crippen LogP contribution in [0.15, 0.2) is 261 Å². The van der Waals surface area contributed by atoms with E-state index in [1.807, 2.05) is 0 Å². The molecule has 0 unspecified atom stereocenters. The summed E-state index contributed by atoms with van der Waals surface area (Å²) >= 11 is 0. The van der Waals surface area contributed by atoms with Crippen molar-refractivity contribution in [2.24, 2.45) is 0 Å². The lowest BCUT2D eigenvalue weighted by Gasteiger charge is -2.44. The smallest absolute Gasteiger partial charge is 0.138 e. The molecule has 0 bridgehead atoms. The van der Waals surface area contributed by atoms with Gasteiger partial charge in [0.15, 0.2) is 0 Å². The van der Waals surface area contributed by atoms with Gasteiger partial charge in [0.2, 0.25) is 0 Å². The summed E-state index contributed by atoms with van der Waals surface area (Å²) in [5, 5.41) is 2.51. The number of hydrogen-bond donors (Lipinski definition) is 0. The van der Waals surface area contributed by atoms with Crippen LogP contribution in [0, 0.1) is 0 Å². The van der Waals surface area contributed by atoms with Crippen LogP contribution in [-0.2, 0) is 5.41 Å². The average molecular weight is 878 g/mol. The molecule has 322 valence electrons. The third-order valence-corrected chi connectivity index (χ3v) is 14.6. The van der Waals surface area contributed by atoms with Crippen LogP contribution in [0.5, 0.6) is 0 Å². The lowest BCUT2D eigenvalue weighted by molar-refractivity contribution is 0.751. The Bertz CT molecular complexity index is 3840. The normalized spacial score (nSPS) is 13.0. The third-order valence-electron chi connectivity index (χ3n) is 14.6. The Balaban J connectivity index is 0.911. The van der Waals surface area contributed by atoms with Gasteiger partial charge in [-0.3, -0.25) is 4.90 Å². The van der Waals surface area contributed by atoms with Crippen molar-refractivity contribution in [1.82, 2.24) is 9.55 Å². The fraction of sp³-hybridized carbons (Fsp3) is 0.0152. The lowest BCUT2D eigenvalue weighted by Crippen LogP contribution is -2.36. The summed E-state index contributed by atoms with van der Waals surface area (Å²) < 4.78 is 2.37. The van der Waals surface area contributed by atoms with E-state index in [1.54, 1.807) is 0 Å². The quantitative estimate of drug-likeness (QED) is 0.166. The maximum absolute atomic E-state index is 5.50. The molecule has 10 aromatic carbocycles. The first kappa shape index (κ1) is 39.1. The zero-order valence-corrected chi connectivity index (χ0v) is 37.7. The van der Waals surface area contributed by atoms with Gasteiger partial charge in [0.05, 0.1) is 33.5 Å². The van der Waals surface area contributed by atoms with Crippen LogP contribution in [-0.4, -0.2) is 9.55 Å². The molecule has 1 aliphatic carbocycles. The number of fused-ring (bicyclic) bond motifs is 12. The summed E-state index contributed by atoms with van der Waals surface area (Å²) in [5.74, 6) is 0.881. The fourth-order valence-electron chi connectivity index (χ4n) is 11.6. The van der Waals surface area contributed by atoms with Crippen molar-refractivity contribution in [2.45, 2.75) is 5.41 Å². The number of hydrogen-bond acceptors (Lipinski definition) is 2. The predicted molar refractivity (Wildman–Crippen MR) is 286 cm³/mol. The number of rotatable bonds is 6. The number of pyridine rings is 1. The van der Waals surface area contributed by atoms with E-state index in [1.165, 1.54) is 83.1 Å². The summed E-state index contributed by atoms with van der Waals surface area (Å²) in [4.78, 5) is 7.90. The molecule has 0 amide bonds. The lowest BCUT2D eigenvalue weighted by atomic mass is 9.64. The summed E-state index contributed by atoms with van der Waals surface area (Å²) in [5.41, 5.74) is 21.9. The van der Waals surface area contributed by atoms with Crippen LogP contribution in [0.25, 0.3) is 83.3 Å². The first-order valence-corrected chi connectivity index (χ1v) is 23.8. The Labute approximate surface area is 401 Å². The second-order valence-corrected chi connectivity index (χ2v) is 18.3. The van der Waals surface area contributed by atoms with Gasteiger partial charge >= 0.3 is 0 Å². The van der Waals surface area contributed by atoms with E-state index in [9.17, 15) is 0 Å². The van der Waals surface area contributed by atoms with Crippen molar-refractivity contribution < 1.29 is 0 Å². The van der Waals surface area contributed by atoms with Gasteiger partial charge in [0.1, 0.15) is 5.82 Å². The topological polar surface area (TPSA) is 21.1 Å². The summed E-state index contributed by atoms with van der Waals surface area (Å²) in [6, 6.07) is 95.3. The highest BCUT2D eigenvalue weighted by Crippen LogP contribution is 2.63. The maximum Gasteiger partial charge on any atom is 0.138 e. The number of nitrogens with zero attached hydrogens (tertiary/aromatic N) is 3. The Kier molecular flexibility index (Phi) is 8.80. The van der Waals surface area contributed by atoms with E-state index in [0.717, 1.165) is 39.6 Å². The number of aromatic nitrogens is 2. The van der Waals surface area contributed by atoms with E-state index in [4.69, 9.17) is 4.98 Å². The van der Waals surface area contributed by atoms with Crippen molar-refractivity contribution in [3.8, 4) is 61.5 Å². The Morgan fingerprint density at radius 3 is 1.52 bits per heavy atom. The van der Waals surface area contributed by atoms with Gasteiger partial charge in [-0.15, -0.1) is 0 Å². The van der Waals surface area contributed by atoms with Gasteiger partial charge in [-0.1, -0.05) is 200 Å². The molecule has 2 aliphatic rings. The van der Waals surface area contributed by atoms with Crippen LogP contribution in [0.1, 0.15) is 22.3 Å². The first-order chi connectivity index (χ1) is 34.2. The van der Waals surface area contributed by atoms with Crippen molar-refractivity contribution >= 4 is 39.0 Å². The molecule has 0 saturated carbocycles. The third kappa shape index (κ3) is 5.97. The van der Waals surface area contributed by atoms with E-state index in [2.05, 4.69) is 270 Å². The van der Waals surface area contributed by atoms with Gasteiger partial charge in [-0.05, 0) is 127 Å². The van der Waals surface area contributed by atoms with Crippen molar-refractivity contribution in [3.05, 3.63) is 283 Å². The van der Waals surface area contributed by atoms with Crippen LogP contribution < -0.4 is 4.90 Å². The second kappa shape index (κ2) is 15.5. The van der Waals surface area contributed by atoms with Crippen LogP contribution >= 0.6 is 0 Å². The largest absolute Gasteiger partial charge is 0.309 e. The van der Waals surface area contributed by atoms with Crippen molar-refractivity contribution in [3.63, 3.8) is 0 Å². The van der Waals surface area contributed by atoms with Crippen LogP contribution in [0.3, 0.4) is 0 Å². The molecule has 0 atom stereocenters. The molecule has 0 N–H and O–H groups in total. The molecule has 3 heteroatoms. The van der Waals surface area contributed by atoms with Crippen LogP contribution in [0.2, 0.25) is 0 Å². The highest BCUT2D eigenvalue weighted by Gasteiger charge is 2.52. The van der Waals surface area contributed by atoms with Crippen molar-refractivity contribution in [1.29, 1.82) is 0 Å². The summed E-state index contributed by atoms with van der Waals surface area (Å²) in [7, 11) is 0. The molecule has 1 spiro atoms. The Morgan fingerprint density at radius 2 is 0.812 bits per heavy atom. The second-order valence-electron chi connectivity index (χ2n) is 18.3. The van der Waals surface area contributed by atoms with Gasteiger partial charge in [0.25, 0.3) is 0 Å². The average Bonchev–Trinajstić information content (AvgIpc) is 3.92. The molecule has 3 heterocycles. The number of anilines is 3. The van der Waals surface area contributed by atoms with E-state index >= 15 is 0 Å². The maximum atomic E-state index is 5.50. The zero-order chi connectivity index (χ0) is 45.5. The number of para-hydroxylation sites is 4. The molecule has 69 heavy (non-hydrogen) atoms. The molecule has 12 aromatic rings. The van der Waals surface area contributed by atoms with E-state index < -0.39 is 5.41 Å². The minimum Gasteiger partial charge on any atom is -0.309 e. The molecule has 0 radical (unpaired) electrons. The molecule has 1 aliphatic heterocycles. The predicted octanol–water partition coefficient (Wildman–Crippen LogP) is 17.0. The fourth-order valence-corrected chi connectivity index (χ4v) is 11.6. The molecule has 0 fully saturated rings. The van der Waals surface area contributed by atoms with Gasteiger partial charge in [-0.2, -0.15) is 0 Å². The summed E-state index contributed by atoms with van der Waals surface area (Å²) in [6.45, 7) is 0.